The number of fused-ring (bicyclic) bond motifs is 1. The van der Waals surface area contributed by atoms with Crippen LogP contribution in [-0.4, -0.2) is 15.5 Å². The van der Waals surface area contributed by atoms with Crippen molar-refractivity contribution in [3.05, 3.63) is 89.9 Å². The van der Waals surface area contributed by atoms with Gasteiger partial charge in [-0.25, -0.2) is 9.37 Å². The highest BCUT2D eigenvalue weighted by Crippen LogP contribution is 2.25. The minimum atomic E-state index is -0.395. The number of amides is 1. The molecule has 0 saturated heterocycles. The number of benzene rings is 2. The van der Waals surface area contributed by atoms with Crippen molar-refractivity contribution in [1.29, 1.82) is 0 Å². The standard InChI is InChI=1S/C22H18FN3O/c1-26-11-5-8-21(26)20-13-18(17-12-16(23)9-10-19(17)25-20)22(27)24-14-15-6-3-2-4-7-15/h2-13H,14H2,1H3,(H,24,27). The van der Waals surface area contributed by atoms with E-state index in [0.717, 1.165) is 11.3 Å². The summed E-state index contributed by atoms with van der Waals surface area (Å²) in [4.78, 5) is 17.5. The smallest absolute Gasteiger partial charge is 0.252 e. The fraction of sp³-hybridized carbons (Fsp3) is 0.0909. The summed E-state index contributed by atoms with van der Waals surface area (Å²) in [6.45, 7) is 0.401. The van der Waals surface area contributed by atoms with Gasteiger partial charge in [0.15, 0.2) is 0 Å². The van der Waals surface area contributed by atoms with Gasteiger partial charge in [-0.05, 0) is 42.0 Å². The number of aryl methyl sites for hydroxylation is 1. The number of halogens is 1. The Kier molecular flexibility index (Phi) is 4.42. The first kappa shape index (κ1) is 17.0. The maximum absolute atomic E-state index is 13.8. The van der Waals surface area contributed by atoms with Gasteiger partial charge in [-0.3, -0.25) is 4.79 Å². The van der Waals surface area contributed by atoms with Crippen LogP contribution in [0.3, 0.4) is 0 Å². The van der Waals surface area contributed by atoms with E-state index in [1.54, 1.807) is 12.1 Å². The molecule has 2 aromatic heterocycles. The number of carbonyl (C=O) groups is 1. The van der Waals surface area contributed by atoms with Crippen molar-refractivity contribution in [2.45, 2.75) is 6.54 Å². The summed E-state index contributed by atoms with van der Waals surface area (Å²) in [7, 11) is 1.92. The Morgan fingerprint density at radius 2 is 1.89 bits per heavy atom. The van der Waals surface area contributed by atoms with Crippen molar-refractivity contribution in [2.75, 3.05) is 0 Å². The molecule has 0 aliphatic heterocycles. The van der Waals surface area contributed by atoms with Crippen LogP contribution in [0.5, 0.6) is 0 Å². The number of hydrogen-bond acceptors (Lipinski definition) is 2. The van der Waals surface area contributed by atoms with E-state index >= 15 is 0 Å². The zero-order valence-electron chi connectivity index (χ0n) is 14.8. The molecule has 2 heterocycles. The molecule has 0 saturated carbocycles. The molecule has 0 bridgehead atoms. The first-order valence-corrected chi connectivity index (χ1v) is 8.66. The van der Waals surface area contributed by atoms with E-state index in [4.69, 9.17) is 0 Å². The summed E-state index contributed by atoms with van der Waals surface area (Å²) < 4.78 is 15.7. The topological polar surface area (TPSA) is 46.9 Å². The predicted molar refractivity (Wildman–Crippen MR) is 104 cm³/mol. The fourth-order valence-corrected chi connectivity index (χ4v) is 3.12. The molecule has 27 heavy (non-hydrogen) atoms. The molecule has 1 amide bonds. The van der Waals surface area contributed by atoms with Crippen LogP contribution in [0.4, 0.5) is 4.39 Å². The van der Waals surface area contributed by atoms with Crippen molar-refractivity contribution >= 4 is 16.8 Å². The van der Waals surface area contributed by atoms with E-state index in [9.17, 15) is 9.18 Å². The van der Waals surface area contributed by atoms with E-state index in [2.05, 4.69) is 10.3 Å². The summed E-state index contributed by atoms with van der Waals surface area (Å²) in [6.07, 6.45) is 1.92. The second-order valence-electron chi connectivity index (χ2n) is 6.39. The molecule has 134 valence electrons. The molecule has 1 N–H and O–H groups in total. The van der Waals surface area contributed by atoms with Gasteiger partial charge < -0.3 is 9.88 Å². The van der Waals surface area contributed by atoms with E-state index < -0.39 is 5.82 Å². The molecule has 4 aromatic rings. The third-order valence-corrected chi connectivity index (χ3v) is 4.52. The minimum Gasteiger partial charge on any atom is -0.349 e. The fourth-order valence-electron chi connectivity index (χ4n) is 3.12. The average Bonchev–Trinajstić information content (AvgIpc) is 3.12. The highest BCUT2D eigenvalue weighted by atomic mass is 19.1. The minimum absolute atomic E-state index is 0.257. The molecule has 0 aliphatic carbocycles. The van der Waals surface area contributed by atoms with Crippen LogP contribution < -0.4 is 5.32 Å². The first-order valence-electron chi connectivity index (χ1n) is 8.66. The largest absolute Gasteiger partial charge is 0.349 e. The number of carbonyl (C=O) groups excluding carboxylic acids is 1. The molecule has 0 spiro atoms. The maximum atomic E-state index is 13.8. The highest BCUT2D eigenvalue weighted by Gasteiger charge is 2.15. The number of nitrogens with zero attached hydrogens (tertiary/aromatic N) is 2. The van der Waals surface area contributed by atoms with Crippen molar-refractivity contribution in [2.24, 2.45) is 7.05 Å². The maximum Gasteiger partial charge on any atom is 0.252 e. The number of aromatic nitrogens is 2. The van der Waals surface area contributed by atoms with Gasteiger partial charge in [-0.15, -0.1) is 0 Å². The lowest BCUT2D eigenvalue weighted by atomic mass is 10.1. The molecule has 4 rings (SSSR count). The third-order valence-electron chi connectivity index (χ3n) is 4.52. The third kappa shape index (κ3) is 3.44. The monoisotopic (exact) mass is 359 g/mol. The zero-order valence-corrected chi connectivity index (χ0v) is 14.8. The summed E-state index contributed by atoms with van der Waals surface area (Å²) in [5, 5.41) is 3.42. The molecule has 4 nitrogen and oxygen atoms in total. The van der Waals surface area contributed by atoms with Crippen LogP contribution in [0, 0.1) is 5.82 Å². The Hall–Kier alpha value is -3.47. The van der Waals surface area contributed by atoms with Crippen LogP contribution in [-0.2, 0) is 13.6 Å². The van der Waals surface area contributed by atoms with Gasteiger partial charge in [0.2, 0.25) is 0 Å². The van der Waals surface area contributed by atoms with Crippen molar-refractivity contribution in [3.63, 3.8) is 0 Å². The lowest BCUT2D eigenvalue weighted by Gasteiger charge is -2.11. The van der Waals surface area contributed by atoms with Crippen LogP contribution in [0.15, 0.2) is 72.9 Å². The second-order valence-corrected chi connectivity index (χ2v) is 6.39. The molecule has 0 aliphatic rings. The van der Waals surface area contributed by atoms with E-state index in [0.29, 0.717) is 28.7 Å². The quantitative estimate of drug-likeness (QED) is 0.590. The van der Waals surface area contributed by atoms with Crippen molar-refractivity contribution in [1.82, 2.24) is 14.9 Å². The lowest BCUT2D eigenvalue weighted by molar-refractivity contribution is 0.0952. The van der Waals surface area contributed by atoms with Crippen LogP contribution in [0.25, 0.3) is 22.3 Å². The molecule has 0 radical (unpaired) electrons. The van der Waals surface area contributed by atoms with Gasteiger partial charge in [-0.2, -0.15) is 0 Å². The van der Waals surface area contributed by atoms with Crippen LogP contribution in [0.1, 0.15) is 15.9 Å². The van der Waals surface area contributed by atoms with Gasteiger partial charge in [0.25, 0.3) is 5.91 Å². The Balaban J connectivity index is 1.76. The van der Waals surface area contributed by atoms with E-state index in [1.807, 2.05) is 60.3 Å². The van der Waals surface area contributed by atoms with Crippen molar-refractivity contribution < 1.29 is 9.18 Å². The Bertz CT molecular complexity index is 1120. The number of hydrogen-bond donors (Lipinski definition) is 1. The molecular weight excluding hydrogens is 341 g/mol. The van der Waals surface area contributed by atoms with Gasteiger partial charge in [0, 0.05) is 25.2 Å². The summed E-state index contributed by atoms with van der Waals surface area (Å²) in [5.41, 5.74) is 3.55. The van der Waals surface area contributed by atoms with E-state index in [1.165, 1.54) is 12.1 Å². The van der Waals surface area contributed by atoms with Gasteiger partial charge in [-0.1, -0.05) is 30.3 Å². The SMILES string of the molecule is Cn1cccc1-c1cc(C(=O)NCc2ccccc2)c2cc(F)ccc2n1. The Morgan fingerprint density at radius 1 is 1.07 bits per heavy atom. The zero-order chi connectivity index (χ0) is 18.8. The average molecular weight is 359 g/mol. The molecule has 0 atom stereocenters. The van der Waals surface area contributed by atoms with Crippen LogP contribution in [0.2, 0.25) is 0 Å². The van der Waals surface area contributed by atoms with Gasteiger partial charge in [0.05, 0.1) is 22.5 Å². The number of pyridine rings is 1. The normalized spacial score (nSPS) is 10.9. The number of rotatable bonds is 4. The predicted octanol–water partition coefficient (Wildman–Crippen LogP) is 4.31. The molecular formula is C22H18FN3O. The summed E-state index contributed by atoms with van der Waals surface area (Å²) in [6, 6.07) is 19.5. The van der Waals surface area contributed by atoms with Crippen LogP contribution >= 0.6 is 0 Å². The van der Waals surface area contributed by atoms with Gasteiger partial charge >= 0.3 is 0 Å². The van der Waals surface area contributed by atoms with E-state index in [-0.39, 0.29) is 5.91 Å². The Morgan fingerprint density at radius 3 is 2.63 bits per heavy atom. The molecule has 2 aromatic carbocycles. The molecule has 5 heteroatoms. The second kappa shape index (κ2) is 7.03. The van der Waals surface area contributed by atoms with Crippen molar-refractivity contribution in [3.8, 4) is 11.4 Å². The van der Waals surface area contributed by atoms with Gasteiger partial charge in [0.1, 0.15) is 5.82 Å². The molecule has 0 unspecified atom stereocenters. The summed E-state index contributed by atoms with van der Waals surface area (Å²) >= 11 is 0. The first-order chi connectivity index (χ1) is 13.1. The number of nitrogens with one attached hydrogen (secondary N) is 1. The summed E-state index contributed by atoms with van der Waals surface area (Å²) in [5.74, 6) is -0.652. The highest BCUT2D eigenvalue weighted by molar-refractivity contribution is 6.07. The lowest BCUT2D eigenvalue weighted by Crippen LogP contribution is -2.23. The molecule has 0 fully saturated rings. The Labute approximate surface area is 156 Å².